The highest BCUT2D eigenvalue weighted by Crippen LogP contribution is 2.18. The SMILES string of the molecule is CC(=O)CCC(=O)C(C)SC(=O)O[C@H](C)OC(=O)C(C)C. The minimum absolute atomic E-state index is 0.0719. The molecule has 0 aromatic carbocycles. The Bertz CT molecular complexity index is 404. The van der Waals surface area contributed by atoms with Gasteiger partial charge in [0.2, 0.25) is 6.29 Å². The largest absolute Gasteiger partial charge is 0.425 e. The molecule has 7 heteroatoms. The van der Waals surface area contributed by atoms with E-state index >= 15 is 0 Å². The van der Waals surface area contributed by atoms with Gasteiger partial charge in [-0.1, -0.05) is 13.8 Å². The molecule has 0 bridgehead atoms. The molecule has 1 unspecified atom stereocenters. The topological polar surface area (TPSA) is 86.7 Å². The minimum atomic E-state index is -1.00. The highest BCUT2D eigenvalue weighted by molar-refractivity contribution is 8.14. The average molecular weight is 318 g/mol. The summed E-state index contributed by atoms with van der Waals surface area (Å²) in [5, 5.41) is -1.30. The van der Waals surface area contributed by atoms with Crippen LogP contribution in [0.15, 0.2) is 0 Å². The summed E-state index contributed by atoms with van der Waals surface area (Å²) >= 11 is 0.710. The van der Waals surface area contributed by atoms with Crippen molar-refractivity contribution >= 4 is 34.6 Å². The number of hydrogen-bond acceptors (Lipinski definition) is 7. The fourth-order valence-electron chi connectivity index (χ4n) is 1.20. The van der Waals surface area contributed by atoms with Crippen LogP contribution in [0.2, 0.25) is 0 Å². The van der Waals surface area contributed by atoms with E-state index < -0.39 is 22.8 Å². The van der Waals surface area contributed by atoms with Gasteiger partial charge in [-0.25, -0.2) is 4.79 Å². The van der Waals surface area contributed by atoms with Gasteiger partial charge < -0.3 is 14.3 Å². The molecule has 21 heavy (non-hydrogen) atoms. The lowest BCUT2D eigenvalue weighted by Gasteiger charge is -2.16. The molecule has 0 N–H and O–H groups in total. The summed E-state index contributed by atoms with van der Waals surface area (Å²) in [4.78, 5) is 45.4. The number of Topliss-reactive ketones (excluding diaryl/α,β-unsaturated/α-hetero) is 2. The van der Waals surface area contributed by atoms with Crippen LogP contribution in [0.25, 0.3) is 0 Å². The van der Waals surface area contributed by atoms with Gasteiger partial charge in [0.25, 0.3) is 0 Å². The van der Waals surface area contributed by atoms with Gasteiger partial charge in [0.15, 0.2) is 0 Å². The van der Waals surface area contributed by atoms with Crippen LogP contribution in [-0.2, 0) is 23.9 Å². The maximum atomic E-state index is 11.7. The van der Waals surface area contributed by atoms with Gasteiger partial charge in [0.05, 0.1) is 11.2 Å². The number of esters is 1. The van der Waals surface area contributed by atoms with Crippen LogP contribution in [0.3, 0.4) is 0 Å². The van der Waals surface area contributed by atoms with Gasteiger partial charge in [-0.05, 0) is 25.6 Å². The molecule has 2 atom stereocenters. The van der Waals surface area contributed by atoms with Crippen molar-refractivity contribution in [3.63, 3.8) is 0 Å². The van der Waals surface area contributed by atoms with Crippen LogP contribution in [-0.4, -0.2) is 34.4 Å². The first kappa shape index (κ1) is 19.6. The fourth-order valence-corrected chi connectivity index (χ4v) is 1.93. The van der Waals surface area contributed by atoms with Crippen LogP contribution >= 0.6 is 11.8 Å². The average Bonchev–Trinajstić information content (AvgIpc) is 2.34. The van der Waals surface area contributed by atoms with Gasteiger partial charge in [-0.3, -0.25) is 9.59 Å². The number of thioether (sulfide) groups is 1. The molecular formula is C14H22O6S. The molecule has 0 saturated heterocycles. The zero-order chi connectivity index (χ0) is 16.6. The van der Waals surface area contributed by atoms with Gasteiger partial charge in [0, 0.05) is 19.8 Å². The Kier molecular flexibility index (Phi) is 8.92. The van der Waals surface area contributed by atoms with E-state index in [2.05, 4.69) is 0 Å². The second kappa shape index (κ2) is 9.55. The van der Waals surface area contributed by atoms with E-state index in [0.717, 1.165) is 0 Å². The maximum absolute atomic E-state index is 11.7. The Morgan fingerprint density at radius 3 is 2.00 bits per heavy atom. The second-order valence-electron chi connectivity index (χ2n) is 4.96. The molecule has 0 aliphatic heterocycles. The number of ketones is 2. The Hall–Kier alpha value is -1.37. The van der Waals surface area contributed by atoms with Crippen LogP contribution in [0.5, 0.6) is 0 Å². The van der Waals surface area contributed by atoms with E-state index in [-0.39, 0.29) is 30.3 Å². The summed E-state index contributed by atoms with van der Waals surface area (Å²) < 4.78 is 9.76. The molecule has 0 radical (unpaired) electrons. The molecule has 6 nitrogen and oxygen atoms in total. The zero-order valence-electron chi connectivity index (χ0n) is 13.0. The van der Waals surface area contributed by atoms with E-state index in [1.807, 2.05) is 0 Å². The lowest BCUT2D eigenvalue weighted by atomic mass is 10.1. The predicted molar refractivity (Wildman–Crippen MR) is 78.8 cm³/mol. The van der Waals surface area contributed by atoms with Gasteiger partial charge in [-0.2, -0.15) is 0 Å². The van der Waals surface area contributed by atoms with Crippen molar-refractivity contribution in [3.05, 3.63) is 0 Å². The number of ether oxygens (including phenoxy) is 2. The van der Waals surface area contributed by atoms with Crippen molar-refractivity contribution in [3.8, 4) is 0 Å². The molecule has 0 aliphatic carbocycles. The molecule has 120 valence electrons. The summed E-state index contributed by atoms with van der Waals surface area (Å²) in [6, 6.07) is 0. The molecular weight excluding hydrogens is 296 g/mol. The van der Waals surface area contributed by atoms with Crippen molar-refractivity contribution < 1.29 is 28.7 Å². The van der Waals surface area contributed by atoms with E-state index in [1.54, 1.807) is 20.8 Å². The van der Waals surface area contributed by atoms with Crippen LogP contribution in [0.4, 0.5) is 4.79 Å². The predicted octanol–water partition coefficient (Wildman–Crippen LogP) is 2.73. The summed E-state index contributed by atoms with van der Waals surface area (Å²) in [5.41, 5.74) is 0. The monoisotopic (exact) mass is 318 g/mol. The van der Waals surface area contributed by atoms with Gasteiger partial charge in [0.1, 0.15) is 11.6 Å². The number of rotatable bonds is 8. The highest BCUT2D eigenvalue weighted by Gasteiger charge is 2.22. The third-order valence-corrected chi connectivity index (χ3v) is 3.37. The molecule has 0 heterocycles. The molecule has 0 amide bonds. The Morgan fingerprint density at radius 1 is 0.952 bits per heavy atom. The quantitative estimate of drug-likeness (QED) is 0.502. The zero-order valence-corrected chi connectivity index (χ0v) is 13.8. The van der Waals surface area contributed by atoms with Crippen LogP contribution in [0, 0.1) is 5.92 Å². The van der Waals surface area contributed by atoms with Crippen LogP contribution < -0.4 is 0 Å². The van der Waals surface area contributed by atoms with E-state index in [1.165, 1.54) is 13.8 Å². The molecule has 0 aromatic rings. The molecule has 0 fully saturated rings. The Labute approximate surface area is 128 Å². The summed E-state index contributed by atoms with van der Waals surface area (Å²) in [6.45, 7) is 7.74. The standard InChI is InChI=1S/C14H22O6S/c1-8(2)13(17)19-11(5)20-14(18)21-10(4)12(16)7-6-9(3)15/h8,10-11H,6-7H2,1-5H3/t10?,11-/m1/s1. The fraction of sp³-hybridized carbons (Fsp3) is 0.714. The smallest absolute Gasteiger partial charge is 0.371 e. The second-order valence-corrected chi connectivity index (χ2v) is 6.23. The lowest BCUT2D eigenvalue weighted by Crippen LogP contribution is -2.24. The first-order valence-electron chi connectivity index (χ1n) is 6.73. The molecule has 0 saturated carbocycles. The number of hydrogen-bond donors (Lipinski definition) is 0. The summed E-state index contributed by atoms with van der Waals surface area (Å²) in [7, 11) is 0. The van der Waals surface area contributed by atoms with Gasteiger partial charge in [-0.15, -0.1) is 0 Å². The van der Waals surface area contributed by atoms with Crippen molar-refractivity contribution in [1.82, 2.24) is 0 Å². The maximum Gasteiger partial charge on any atom is 0.371 e. The number of carbonyl (C=O) groups excluding carboxylic acids is 4. The normalized spacial score (nSPS) is 13.4. The lowest BCUT2D eigenvalue weighted by molar-refractivity contribution is -0.167. The van der Waals surface area contributed by atoms with Crippen molar-refractivity contribution in [1.29, 1.82) is 0 Å². The van der Waals surface area contributed by atoms with Gasteiger partial charge >= 0.3 is 11.3 Å². The third-order valence-electron chi connectivity index (χ3n) is 2.47. The van der Waals surface area contributed by atoms with Crippen molar-refractivity contribution in [2.75, 3.05) is 0 Å². The molecule has 0 aromatic heterocycles. The Balaban J connectivity index is 4.15. The van der Waals surface area contributed by atoms with Crippen molar-refractivity contribution in [2.24, 2.45) is 5.92 Å². The first-order chi connectivity index (χ1) is 9.63. The number of carbonyl (C=O) groups is 4. The van der Waals surface area contributed by atoms with E-state index in [0.29, 0.717) is 11.8 Å². The molecule has 0 aliphatic rings. The molecule has 0 spiro atoms. The first-order valence-corrected chi connectivity index (χ1v) is 7.61. The van der Waals surface area contributed by atoms with E-state index in [4.69, 9.17) is 9.47 Å². The van der Waals surface area contributed by atoms with Crippen LogP contribution in [0.1, 0.15) is 47.5 Å². The highest BCUT2D eigenvalue weighted by atomic mass is 32.2. The van der Waals surface area contributed by atoms with E-state index in [9.17, 15) is 19.2 Å². The minimum Gasteiger partial charge on any atom is -0.425 e. The Morgan fingerprint density at radius 2 is 1.52 bits per heavy atom. The van der Waals surface area contributed by atoms with Crippen molar-refractivity contribution in [2.45, 2.75) is 59.0 Å². The summed E-state index contributed by atoms with van der Waals surface area (Å²) in [6.07, 6.45) is -0.727. The molecule has 0 rings (SSSR count). The summed E-state index contributed by atoms with van der Waals surface area (Å²) in [5.74, 6) is -1.05. The third kappa shape index (κ3) is 9.23.